The van der Waals surface area contributed by atoms with E-state index < -0.39 is 0 Å². The van der Waals surface area contributed by atoms with Crippen LogP contribution in [0.2, 0.25) is 0 Å². The van der Waals surface area contributed by atoms with Gasteiger partial charge < -0.3 is 9.42 Å². The highest BCUT2D eigenvalue weighted by Crippen LogP contribution is 2.25. The zero-order valence-corrected chi connectivity index (χ0v) is 12.2. The molecule has 0 bridgehead atoms. The fraction of sp³-hybridized carbons (Fsp3) is 0.467. The molecule has 110 valence electrons. The molecule has 1 fully saturated rings. The summed E-state index contributed by atoms with van der Waals surface area (Å²) in [6.07, 6.45) is 1.92. The Labute approximate surface area is 123 Å². The summed E-state index contributed by atoms with van der Waals surface area (Å²) < 4.78 is 5.04. The molecule has 0 N–H and O–H groups in total. The molecule has 0 saturated carbocycles. The minimum Gasteiger partial charge on any atom is -0.340 e. The van der Waals surface area contributed by atoms with Crippen molar-refractivity contribution in [2.24, 2.45) is 0 Å². The second kappa shape index (κ2) is 5.63. The molecule has 6 heteroatoms. The maximum atomic E-state index is 12.5. The van der Waals surface area contributed by atoms with Crippen molar-refractivity contribution in [3.05, 3.63) is 41.3 Å². The van der Waals surface area contributed by atoms with Gasteiger partial charge in [0.15, 0.2) is 5.82 Å². The van der Waals surface area contributed by atoms with E-state index in [4.69, 9.17) is 4.52 Å². The fourth-order valence-corrected chi connectivity index (χ4v) is 2.68. The Balaban J connectivity index is 1.75. The van der Waals surface area contributed by atoms with E-state index in [2.05, 4.69) is 15.1 Å². The molecule has 1 aliphatic heterocycles. The van der Waals surface area contributed by atoms with Crippen LogP contribution in [0.5, 0.6) is 0 Å². The highest BCUT2D eigenvalue weighted by atomic mass is 16.5. The third-order valence-electron chi connectivity index (χ3n) is 3.72. The van der Waals surface area contributed by atoms with Crippen molar-refractivity contribution in [1.29, 1.82) is 0 Å². The summed E-state index contributed by atoms with van der Waals surface area (Å²) >= 11 is 0. The summed E-state index contributed by atoms with van der Waals surface area (Å²) in [5.41, 5.74) is 1.35. The van der Waals surface area contributed by atoms with Crippen LogP contribution in [-0.4, -0.2) is 39.0 Å². The largest absolute Gasteiger partial charge is 0.340 e. The summed E-state index contributed by atoms with van der Waals surface area (Å²) in [6.45, 7) is 5.03. The van der Waals surface area contributed by atoms with Gasteiger partial charge in [0.1, 0.15) is 5.69 Å². The predicted molar refractivity (Wildman–Crippen MR) is 75.9 cm³/mol. The average Bonchev–Trinajstić information content (AvgIpc) is 2.93. The third kappa shape index (κ3) is 2.94. The normalized spacial score (nSPS) is 18.8. The van der Waals surface area contributed by atoms with E-state index in [-0.39, 0.29) is 11.8 Å². The van der Waals surface area contributed by atoms with Crippen molar-refractivity contribution in [2.45, 2.75) is 32.6 Å². The number of pyridine rings is 1. The van der Waals surface area contributed by atoms with Gasteiger partial charge in [0.05, 0.1) is 0 Å². The summed E-state index contributed by atoms with van der Waals surface area (Å²) in [7, 11) is 0. The van der Waals surface area contributed by atoms with E-state index in [0.717, 1.165) is 25.1 Å². The van der Waals surface area contributed by atoms with Gasteiger partial charge in [-0.2, -0.15) is 4.98 Å². The Morgan fingerprint density at radius 1 is 1.33 bits per heavy atom. The molecule has 0 aromatic carbocycles. The lowest BCUT2D eigenvalue weighted by atomic mass is 9.97. The van der Waals surface area contributed by atoms with Gasteiger partial charge in [-0.3, -0.25) is 4.79 Å². The zero-order chi connectivity index (χ0) is 14.8. The van der Waals surface area contributed by atoms with Crippen molar-refractivity contribution >= 4 is 5.91 Å². The predicted octanol–water partition coefficient (Wildman–Crippen LogP) is 2.10. The van der Waals surface area contributed by atoms with E-state index in [9.17, 15) is 4.79 Å². The topological polar surface area (TPSA) is 72.1 Å². The minimum absolute atomic E-state index is 0.0244. The molecule has 1 atom stereocenters. The summed E-state index contributed by atoms with van der Waals surface area (Å²) in [5.74, 6) is 1.38. The fourth-order valence-electron chi connectivity index (χ4n) is 2.68. The van der Waals surface area contributed by atoms with Crippen molar-refractivity contribution in [1.82, 2.24) is 20.0 Å². The maximum Gasteiger partial charge on any atom is 0.272 e. The quantitative estimate of drug-likeness (QED) is 0.845. The van der Waals surface area contributed by atoms with Gasteiger partial charge in [0, 0.05) is 31.6 Å². The molecule has 1 amide bonds. The van der Waals surface area contributed by atoms with Crippen LogP contribution in [-0.2, 0) is 0 Å². The smallest absolute Gasteiger partial charge is 0.272 e. The Morgan fingerprint density at radius 3 is 2.90 bits per heavy atom. The number of nitrogens with zero attached hydrogens (tertiary/aromatic N) is 4. The molecule has 3 heterocycles. The van der Waals surface area contributed by atoms with E-state index in [1.165, 1.54) is 0 Å². The van der Waals surface area contributed by atoms with Crippen LogP contribution < -0.4 is 0 Å². The number of carbonyl (C=O) groups excluding carboxylic acids is 1. The molecule has 2 aromatic rings. The number of aromatic nitrogens is 3. The molecule has 0 spiro atoms. The van der Waals surface area contributed by atoms with Gasteiger partial charge in [0.25, 0.3) is 5.91 Å². The minimum atomic E-state index is -0.0244. The molecule has 0 aliphatic carbocycles. The van der Waals surface area contributed by atoms with Crippen LogP contribution in [0.1, 0.15) is 46.7 Å². The number of aryl methyl sites for hydroxylation is 2. The van der Waals surface area contributed by atoms with Crippen molar-refractivity contribution in [2.75, 3.05) is 13.1 Å². The van der Waals surface area contributed by atoms with E-state index in [1.54, 1.807) is 13.0 Å². The highest BCUT2D eigenvalue weighted by Gasteiger charge is 2.28. The molecule has 3 rings (SSSR count). The molecule has 21 heavy (non-hydrogen) atoms. The van der Waals surface area contributed by atoms with Crippen LogP contribution in [0.4, 0.5) is 0 Å². The lowest BCUT2D eigenvalue weighted by molar-refractivity contribution is 0.0697. The van der Waals surface area contributed by atoms with Crippen LogP contribution >= 0.6 is 0 Å². The number of hydrogen-bond acceptors (Lipinski definition) is 5. The Bertz CT molecular complexity index is 653. The molecular weight excluding hydrogens is 268 g/mol. The van der Waals surface area contributed by atoms with Crippen LogP contribution in [0.3, 0.4) is 0 Å². The van der Waals surface area contributed by atoms with Crippen LogP contribution in [0.25, 0.3) is 0 Å². The average molecular weight is 286 g/mol. The Hall–Kier alpha value is -2.24. The van der Waals surface area contributed by atoms with Crippen molar-refractivity contribution in [3.8, 4) is 0 Å². The molecule has 0 radical (unpaired) electrons. The zero-order valence-electron chi connectivity index (χ0n) is 12.2. The number of rotatable bonds is 2. The van der Waals surface area contributed by atoms with Crippen LogP contribution in [0, 0.1) is 13.8 Å². The van der Waals surface area contributed by atoms with Gasteiger partial charge >= 0.3 is 0 Å². The summed E-state index contributed by atoms with van der Waals surface area (Å²) in [6, 6.07) is 5.51. The second-order valence-electron chi connectivity index (χ2n) is 5.43. The number of carbonyl (C=O) groups is 1. The van der Waals surface area contributed by atoms with E-state index in [0.29, 0.717) is 24.0 Å². The number of amides is 1. The SMILES string of the molecule is Cc1cccc(C(=O)N2CCCC(c3noc(C)n3)C2)n1. The van der Waals surface area contributed by atoms with Crippen molar-refractivity contribution < 1.29 is 9.32 Å². The lowest BCUT2D eigenvalue weighted by Crippen LogP contribution is -2.39. The maximum absolute atomic E-state index is 12.5. The first-order valence-corrected chi connectivity index (χ1v) is 7.16. The van der Waals surface area contributed by atoms with Gasteiger partial charge in [-0.1, -0.05) is 11.2 Å². The monoisotopic (exact) mass is 286 g/mol. The van der Waals surface area contributed by atoms with Gasteiger partial charge in [-0.25, -0.2) is 4.98 Å². The molecule has 6 nitrogen and oxygen atoms in total. The van der Waals surface area contributed by atoms with Crippen LogP contribution in [0.15, 0.2) is 22.7 Å². The highest BCUT2D eigenvalue weighted by molar-refractivity contribution is 5.92. The van der Waals surface area contributed by atoms with Gasteiger partial charge in [0.2, 0.25) is 5.89 Å². The second-order valence-corrected chi connectivity index (χ2v) is 5.43. The Morgan fingerprint density at radius 2 is 2.19 bits per heavy atom. The number of hydrogen-bond donors (Lipinski definition) is 0. The molecule has 1 aliphatic rings. The molecule has 1 saturated heterocycles. The van der Waals surface area contributed by atoms with Gasteiger partial charge in [-0.15, -0.1) is 0 Å². The van der Waals surface area contributed by atoms with Crippen molar-refractivity contribution in [3.63, 3.8) is 0 Å². The van der Waals surface area contributed by atoms with E-state index in [1.807, 2.05) is 24.0 Å². The summed E-state index contributed by atoms with van der Waals surface area (Å²) in [5, 5.41) is 3.98. The van der Waals surface area contributed by atoms with E-state index >= 15 is 0 Å². The standard InChI is InChI=1S/C15H18N4O2/c1-10-5-3-7-13(16-10)15(20)19-8-4-6-12(9-19)14-17-11(2)21-18-14/h3,5,7,12H,4,6,8-9H2,1-2H3. The number of likely N-dealkylation sites (tertiary alicyclic amines) is 1. The first-order chi connectivity index (χ1) is 10.1. The van der Waals surface area contributed by atoms with Gasteiger partial charge in [-0.05, 0) is 31.9 Å². The molecular formula is C15H18N4O2. The Kier molecular flexibility index (Phi) is 3.68. The molecule has 1 unspecified atom stereocenters. The summed E-state index contributed by atoms with van der Waals surface area (Å²) in [4.78, 5) is 23.0. The third-order valence-corrected chi connectivity index (χ3v) is 3.72. The first-order valence-electron chi connectivity index (χ1n) is 7.16. The first kappa shape index (κ1) is 13.7. The lowest BCUT2D eigenvalue weighted by Gasteiger charge is -2.31. The molecule has 2 aromatic heterocycles. The number of piperidine rings is 1.